The molecule has 0 saturated carbocycles. The smallest absolute Gasteiger partial charge is 0.341 e. The number of fused-ring (bicyclic) bond motifs is 1. The maximum atomic E-state index is 13.5. The number of benzene rings is 3. The van der Waals surface area contributed by atoms with Crippen LogP contribution in [0.4, 0.5) is 16.4 Å². The van der Waals surface area contributed by atoms with Crippen molar-refractivity contribution in [3.8, 4) is 0 Å². The van der Waals surface area contributed by atoms with Crippen LogP contribution in [0.25, 0.3) is 6.08 Å². The molecule has 0 fully saturated rings. The predicted octanol–water partition coefficient (Wildman–Crippen LogP) is 7.24. The fourth-order valence-corrected chi connectivity index (χ4v) is 7.27. The fraction of sp³-hybridized carbons (Fsp3) is 0.222. The highest BCUT2D eigenvalue weighted by Crippen LogP contribution is 2.38. The van der Waals surface area contributed by atoms with Crippen molar-refractivity contribution in [2.75, 3.05) is 23.0 Å². The van der Waals surface area contributed by atoms with E-state index in [9.17, 15) is 29.3 Å². The van der Waals surface area contributed by atoms with E-state index in [1.54, 1.807) is 61.5 Å². The topological polar surface area (TPSA) is 157 Å². The number of amides is 3. The Hall–Kier alpha value is -5.27. The van der Waals surface area contributed by atoms with E-state index in [4.69, 9.17) is 4.74 Å². The first-order valence-corrected chi connectivity index (χ1v) is 17.5. The lowest BCUT2D eigenvalue weighted by atomic mass is 10.1. The molecule has 3 aromatic carbocycles. The number of nitro groups is 1. The zero-order valence-electron chi connectivity index (χ0n) is 26.7. The summed E-state index contributed by atoms with van der Waals surface area (Å²) in [6.45, 7) is 2.00. The Kier molecular flexibility index (Phi) is 12.0. The maximum Gasteiger partial charge on any atom is 0.341 e. The van der Waals surface area contributed by atoms with E-state index in [0.717, 1.165) is 42.5 Å². The Morgan fingerprint density at radius 2 is 1.69 bits per heavy atom. The second kappa shape index (κ2) is 16.7. The number of anilines is 2. The molecule has 1 heterocycles. The van der Waals surface area contributed by atoms with Gasteiger partial charge in [-0.3, -0.25) is 24.5 Å². The van der Waals surface area contributed by atoms with Crippen molar-refractivity contribution >= 4 is 69.2 Å². The van der Waals surface area contributed by atoms with Crippen molar-refractivity contribution in [1.29, 1.82) is 0 Å². The van der Waals surface area contributed by atoms with Crippen LogP contribution >= 0.6 is 23.1 Å². The Labute approximate surface area is 291 Å². The molecule has 1 aliphatic carbocycles. The van der Waals surface area contributed by atoms with Crippen LogP contribution in [0.15, 0.2) is 89.5 Å². The van der Waals surface area contributed by atoms with Crippen molar-refractivity contribution in [1.82, 2.24) is 5.32 Å². The monoisotopic (exact) mass is 698 g/mol. The minimum Gasteiger partial charge on any atom is -0.462 e. The highest BCUT2D eigenvalue weighted by atomic mass is 32.2. The largest absolute Gasteiger partial charge is 0.462 e. The summed E-state index contributed by atoms with van der Waals surface area (Å²) in [4.78, 5) is 64.7. The highest BCUT2D eigenvalue weighted by Gasteiger charge is 2.26. The van der Waals surface area contributed by atoms with Gasteiger partial charge in [-0.1, -0.05) is 30.7 Å². The van der Waals surface area contributed by atoms with Crippen LogP contribution in [-0.4, -0.2) is 41.0 Å². The summed E-state index contributed by atoms with van der Waals surface area (Å²) in [7, 11) is 0. The van der Waals surface area contributed by atoms with Gasteiger partial charge in [0.2, 0.25) is 5.91 Å². The fourth-order valence-electron chi connectivity index (χ4n) is 5.22. The third-order valence-electron chi connectivity index (χ3n) is 7.56. The average Bonchev–Trinajstić information content (AvgIpc) is 3.27. The Bertz CT molecular complexity index is 1890. The molecule has 0 bridgehead atoms. The molecule has 49 heavy (non-hydrogen) atoms. The van der Waals surface area contributed by atoms with Crippen molar-refractivity contribution in [3.63, 3.8) is 0 Å². The van der Waals surface area contributed by atoms with E-state index in [1.165, 1.54) is 53.4 Å². The number of thiophene rings is 1. The van der Waals surface area contributed by atoms with Gasteiger partial charge < -0.3 is 20.7 Å². The first-order valence-electron chi connectivity index (χ1n) is 15.7. The molecule has 3 N–H and O–H groups in total. The molecular weight excluding hydrogens is 665 g/mol. The van der Waals surface area contributed by atoms with Crippen LogP contribution in [-0.2, 0) is 27.2 Å². The number of thioether (sulfide) groups is 1. The van der Waals surface area contributed by atoms with Gasteiger partial charge in [0.15, 0.2) is 0 Å². The summed E-state index contributed by atoms with van der Waals surface area (Å²) in [5.74, 6) is -1.77. The molecule has 3 amide bonds. The third-order valence-corrected chi connectivity index (χ3v) is 9.76. The van der Waals surface area contributed by atoms with Gasteiger partial charge in [0, 0.05) is 33.2 Å². The van der Waals surface area contributed by atoms with Gasteiger partial charge in [-0.2, -0.15) is 0 Å². The number of nitrogens with zero attached hydrogens (tertiary/aromatic N) is 1. The number of carbonyl (C=O) groups is 4. The summed E-state index contributed by atoms with van der Waals surface area (Å²) in [6.07, 6.45) is 6.21. The molecule has 0 unspecified atom stereocenters. The van der Waals surface area contributed by atoms with Crippen LogP contribution in [0, 0.1) is 10.1 Å². The summed E-state index contributed by atoms with van der Waals surface area (Å²) in [5, 5.41) is 20.0. The van der Waals surface area contributed by atoms with Gasteiger partial charge in [0.1, 0.15) is 10.7 Å². The quantitative estimate of drug-likeness (QED) is 0.0349. The minimum atomic E-state index is -0.619. The third kappa shape index (κ3) is 9.42. The second-order valence-electron chi connectivity index (χ2n) is 11.0. The molecule has 252 valence electrons. The first-order chi connectivity index (χ1) is 23.7. The lowest BCUT2D eigenvalue weighted by Crippen LogP contribution is -2.30. The average molecular weight is 699 g/mol. The second-order valence-corrected chi connectivity index (χ2v) is 13.2. The highest BCUT2D eigenvalue weighted by molar-refractivity contribution is 8.00. The van der Waals surface area contributed by atoms with Gasteiger partial charge in [-0.25, -0.2) is 4.79 Å². The molecule has 0 saturated heterocycles. The summed E-state index contributed by atoms with van der Waals surface area (Å²) < 4.78 is 5.32. The SMILES string of the molecule is CCOC(=O)c1c(NC(=O)CSc2cccc(NC(=O)/C(=C\c3ccc([N+](=O)[O-])cc3)NC(=O)c3ccccc3)c2)sc2c1CCCCC2. The van der Waals surface area contributed by atoms with Gasteiger partial charge in [0.25, 0.3) is 17.5 Å². The van der Waals surface area contributed by atoms with E-state index in [0.29, 0.717) is 32.3 Å². The predicted molar refractivity (Wildman–Crippen MR) is 191 cm³/mol. The molecule has 1 aliphatic rings. The Morgan fingerprint density at radius 1 is 0.939 bits per heavy atom. The zero-order chi connectivity index (χ0) is 34.8. The van der Waals surface area contributed by atoms with E-state index >= 15 is 0 Å². The molecule has 0 radical (unpaired) electrons. The molecule has 0 aliphatic heterocycles. The zero-order valence-corrected chi connectivity index (χ0v) is 28.3. The number of ether oxygens (including phenoxy) is 1. The van der Waals surface area contributed by atoms with E-state index in [2.05, 4.69) is 16.0 Å². The molecular formula is C36H34N4O7S2. The van der Waals surface area contributed by atoms with Crippen molar-refractivity contribution in [3.05, 3.63) is 122 Å². The van der Waals surface area contributed by atoms with E-state index in [1.807, 2.05) is 0 Å². The lowest BCUT2D eigenvalue weighted by Gasteiger charge is -2.12. The molecule has 11 nitrogen and oxygen atoms in total. The summed E-state index contributed by atoms with van der Waals surface area (Å²) in [6, 6.07) is 20.9. The van der Waals surface area contributed by atoms with Crippen molar-refractivity contribution in [2.45, 2.75) is 43.9 Å². The number of carbonyl (C=O) groups excluding carboxylic acids is 4. The van der Waals surface area contributed by atoms with Gasteiger partial charge >= 0.3 is 5.97 Å². The number of esters is 1. The number of non-ortho nitro benzene ring substituents is 1. The van der Waals surface area contributed by atoms with Crippen molar-refractivity contribution < 1.29 is 28.8 Å². The molecule has 1 aromatic heterocycles. The van der Waals surface area contributed by atoms with E-state index < -0.39 is 22.7 Å². The lowest BCUT2D eigenvalue weighted by molar-refractivity contribution is -0.384. The number of hydrogen-bond acceptors (Lipinski definition) is 9. The molecule has 5 rings (SSSR count). The number of rotatable bonds is 12. The van der Waals surface area contributed by atoms with Crippen LogP contribution in [0.5, 0.6) is 0 Å². The molecule has 4 aromatic rings. The first kappa shape index (κ1) is 35.0. The van der Waals surface area contributed by atoms with Gasteiger partial charge in [-0.05, 0) is 92.3 Å². The number of aryl methyl sites for hydroxylation is 1. The summed E-state index contributed by atoms with van der Waals surface area (Å²) >= 11 is 2.70. The van der Waals surface area contributed by atoms with Crippen LogP contribution < -0.4 is 16.0 Å². The van der Waals surface area contributed by atoms with Crippen molar-refractivity contribution in [2.24, 2.45) is 0 Å². The van der Waals surface area contributed by atoms with Crippen LogP contribution in [0.2, 0.25) is 0 Å². The van der Waals surface area contributed by atoms with Gasteiger partial charge in [0.05, 0.1) is 22.8 Å². The van der Waals surface area contributed by atoms with Crippen LogP contribution in [0.1, 0.15) is 62.9 Å². The Balaban J connectivity index is 1.27. The molecule has 0 spiro atoms. The standard InChI is InChI=1S/C36H34N4O7S2/c1-2-47-36(44)32-28-14-7-4-8-15-30(28)49-35(32)39-31(41)22-48-27-13-9-12-25(21-27)37-34(43)29(38-33(42)24-10-5-3-6-11-24)20-23-16-18-26(19-17-23)40(45)46/h3,5-6,9-13,16-21H,2,4,7-8,14-15,22H2,1H3,(H,37,43)(H,38,42)(H,39,41)/b29-20+. The van der Waals surface area contributed by atoms with Gasteiger partial charge in [-0.15, -0.1) is 23.1 Å². The van der Waals surface area contributed by atoms with E-state index in [-0.39, 0.29) is 29.7 Å². The Morgan fingerprint density at radius 3 is 2.43 bits per heavy atom. The number of nitro benzene ring substituents is 1. The number of hydrogen-bond donors (Lipinski definition) is 3. The normalized spacial score (nSPS) is 12.6. The minimum absolute atomic E-state index is 0.0562. The maximum absolute atomic E-state index is 13.5. The summed E-state index contributed by atoms with van der Waals surface area (Å²) in [5.41, 5.74) is 2.49. The molecule has 0 atom stereocenters. The van der Waals surface area contributed by atoms with Crippen LogP contribution in [0.3, 0.4) is 0 Å². The number of nitrogens with one attached hydrogen (secondary N) is 3. The molecule has 13 heteroatoms.